The number of aromatic carboxylic acids is 1. The molecule has 5 N–H and O–H groups in total. The van der Waals surface area contributed by atoms with Gasteiger partial charge in [0.1, 0.15) is 11.3 Å². The first-order valence-electron chi connectivity index (χ1n) is 3.81. The number of nitrogens with two attached hydrogens (primary N) is 2. The Bertz CT molecular complexity index is 355. The van der Waals surface area contributed by atoms with Gasteiger partial charge >= 0.3 is 12.3 Å². The molecule has 0 unspecified atom stereocenters. The Kier molecular flexibility index (Phi) is 5.26. The molecule has 0 spiro atoms. The van der Waals surface area contributed by atoms with E-state index in [2.05, 4.69) is 16.4 Å². The van der Waals surface area contributed by atoms with Crippen LogP contribution in [-0.4, -0.2) is 17.4 Å². The first kappa shape index (κ1) is 14.2. The quantitative estimate of drug-likeness (QED) is 0.529. The van der Waals surface area contributed by atoms with Gasteiger partial charge < -0.3 is 9.84 Å². The third-order valence-electron chi connectivity index (χ3n) is 1.34. The fraction of sp³-hybridized carbons (Fsp3) is 0.125. The molecule has 0 bridgehead atoms. The van der Waals surface area contributed by atoms with Crippen molar-refractivity contribution < 1.29 is 27.8 Å². The maximum atomic E-state index is 11.8. The number of carbonyl (C=O) groups is 1. The molecule has 0 aliphatic rings. The first-order chi connectivity index (χ1) is 7.40. The molecule has 1 aromatic rings. The number of hydrazine groups is 1. The predicted octanol–water partition coefficient (Wildman–Crippen LogP) is 1.10. The van der Waals surface area contributed by atoms with Crippen molar-refractivity contribution in [3.05, 3.63) is 29.8 Å². The van der Waals surface area contributed by atoms with Gasteiger partial charge in [-0.1, -0.05) is 12.1 Å². The number of hydrogen-bond acceptors (Lipinski definition) is 4. The van der Waals surface area contributed by atoms with Crippen molar-refractivity contribution in [3.63, 3.8) is 0 Å². The number of ether oxygens (including phenoxy) is 1. The molecule has 0 aromatic heterocycles. The van der Waals surface area contributed by atoms with E-state index in [9.17, 15) is 18.0 Å². The van der Waals surface area contributed by atoms with Crippen LogP contribution in [-0.2, 0) is 0 Å². The van der Waals surface area contributed by atoms with Gasteiger partial charge in [0.05, 0.1) is 0 Å². The van der Waals surface area contributed by atoms with Crippen LogP contribution < -0.4 is 16.4 Å². The summed E-state index contributed by atoms with van der Waals surface area (Å²) in [5.74, 6) is 5.82. The van der Waals surface area contributed by atoms with Crippen molar-refractivity contribution in [2.75, 3.05) is 0 Å². The number of halogens is 3. The molecule has 0 heterocycles. The molecule has 0 amide bonds. The molecule has 0 aliphatic heterocycles. The van der Waals surface area contributed by atoms with Gasteiger partial charge in [0.15, 0.2) is 0 Å². The zero-order valence-electron chi connectivity index (χ0n) is 7.86. The van der Waals surface area contributed by atoms with Gasteiger partial charge in [-0.25, -0.2) is 4.79 Å². The summed E-state index contributed by atoms with van der Waals surface area (Å²) in [4.78, 5) is 10.5. The summed E-state index contributed by atoms with van der Waals surface area (Å²) >= 11 is 0. The molecule has 1 rings (SSSR count). The fourth-order valence-electron chi connectivity index (χ4n) is 0.857. The lowest BCUT2D eigenvalue weighted by molar-refractivity contribution is -0.274. The summed E-state index contributed by atoms with van der Waals surface area (Å²) in [6.07, 6.45) is -4.88. The average Bonchev–Trinajstić information content (AvgIpc) is 2.19. The molecule has 0 saturated carbocycles. The number of hydrogen-bond donors (Lipinski definition) is 3. The van der Waals surface area contributed by atoms with Crippen LogP contribution in [0.5, 0.6) is 5.75 Å². The van der Waals surface area contributed by atoms with E-state index in [1.54, 1.807) is 0 Å². The van der Waals surface area contributed by atoms with Crippen molar-refractivity contribution in [3.8, 4) is 5.75 Å². The van der Waals surface area contributed by atoms with Crippen molar-refractivity contribution >= 4 is 5.97 Å². The lowest BCUT2D eigenvalue weighted by atomic mass is 10.2. The Hall–Kier alpha value is -1.80. The number of carboxylic acids is 1. The third kappa shape index (κ3) is 4.62. The van der Waals surface area contributed by atoms with E-state index in [4.69, 9.17) is 5.11 Å². The second-order valence-electron chi connectivity index (χ2n) is 2.35. The van der Waals surface area contributed by atoms with E-state index in [0.717, 1.165) is 12.1 Å². The lowest BCUT2D eigenvalue weighted by Crippen LogP contribution is -2.18. The minimum Gasteiger partial charge on any atom is -0.478 e. The standard InChI is InChI=1S/C8H5F3O3.H4N2/c9-8(10,11)14-6-4-2-1-3-5(6)7(12)13;1-2/h1-4H,(H,12,13);1-2H2. The number of carboxylic acid groups (broad SMARTS) is 1. The minimum absolute atomic E-state index is 0.523. The number of para-hydroxylation sites is 1. The van der Waals surface area contributed by atoms with Gasteiger partial charge in [-0.05, 0) is 12.1 Å². The van der Waals surface area contributed by atoms with Crippen LogP contribution in [0, 0.1) is 0 Å². The SMILES string of the molecule is NN.O=C(O)c1ccccc1OC(F)(F)F. The summed E-state index contributed by atoms with van der Waals surface area (Å²) in [5, 5.41) is 8.52. The Labute approximate surface area is 88.4 Å². The summed E-state index contributed by atoms with van der Waals surface area (Å²) in [6.45, 7) is 0. The van der Waals surface area contributed by atoms with E-state index in [1.807, 2.05) is 0 Å². The highest BCUT2D eigenvalue weighted by atomic mass is 19.4. The molecule has 90 valence electrons. The smallest absolute Gasteiger partial charge is 0.478 e. The molecular formula is C8H9F3N2O3. The molecule has 0 aliphatic carbocycles. The molecule has 0 atom stereocenters. The fourth-order valence-corrected chi connectivity index (χ4v) is 0.857. The van der Waals surface area contributed by atoms with Crippen LogP contribution in [0.2, 0.25) is 0 Å². The molecule has 5 nitrogen and oxygen atoms in total. The molecule has 0 fully saturated rings. The van der Waals surface area contributed by atoms with Crippen LogP contribution >= 0.6 is 0 Å². The summed E-state index contributed by atoms with van der Waals surface area (Å²) in [6, 6.07) is 4.54. The monoisotopic (exact) mass is 238 g/mol. The minimum atomic E-state index is -4.88. The maximum absolute atomic E-state index is 11.8. The van der Waals surface area contributed by atoms with Crippen LogP contribution in [0.25, 0.3) is 0 Å². The third-order valence-corrected chi connectivity index (χ3v) is 1.34. The zero-order valence-corrected chi connectivity index (χ0v) is 7.86. The first-order valence-corrected chi connectivity index (χ1v) is 3.81. The van der Waals surface area contributed by atoms with Gasteiger partial charge in [-0.15, -0.1) is 13.2 Å². The molecule has 1 aromatic carbocycles. The Morgan fingerprint density at radius 3 is 2.19 bits per heavy atom. The van der Waals surface area contributed by atoms with Gasteiger partial charge in [0.25, 0.3) is 0 Å². The highest BCUT2D eigenvalue weighted by molar-refractivity contribution is 5.90. The molecule has 0 saturated heterocycles. The highest BCUT2D eigenvalue weighted by Gasteiger charge is 2.32. The molecule has 0 radical (unpaired) electrons. The van der Waals surface area contributed by atoms with Gasteiger partial charge in [0.2, 0.25) is 0 Å². The lowest BCUT2D eigenvalue weighted by Gasteiger charge is -2.10. The molecule has 16 heavy (non-hydrogen) atoms. The van der Waals surface area contributed by atoms with Crippen LogP contribution in [0.4, 0.5) is 13.2 Å². The predicted molar refractivity (Wildman–Crippen MR) is 48.5 cm³/mol. The van der Waals surface area contributed by atoms with Crippen molar-refractivity contribution in [1.82, 2.24) is 0 Å². The number of rotatable bonds is 2. The second-order valence-corrected chi connectivity index (χ2v) is 2.35. The number of alkyl halides is 3. The van der Waals surface area contributed by atoms with E-state index in [1.165, 1.54) is 12.1 Å². The van der Waals surface area contributed by atoms with E-state index in [0.29, 0.717) is 0 Å². The van der Waals surface area contributed by atoms with Crippen molar-refractivity contribution in [2.24, 2.45) is 11.7 Å². The normalized spacial score (nSPS) is 10.1. The van der Waals surface area contributed by atoms with Gasteiger partial charge in [-0.2, -0.15) is 0 Å². The largest absolute Gasteiger partial charge is 0.573 e. The maximum Gasteiger partial charge on any atom is 0.573 e. The van der Waals surface area contributed by atoms with E-state index >= 15 is 0 Å². The van der Waals surface area contributed by atoms with Crippen molar-refractivity contribution in [2.45, 2.75) is 6.36 Å². The van der Waals surface area contributed by atoms with Gasteiger partial charge in [-0.3, -0.25) is 11.7 Å². The van der Waals surface area contributed by atoms with Crippen LogP contribution in [0.3, 0.4) is 0 Å². The summed E-state index contributed by atoms with van der Waals surface area (Å²) < 4.78 is 38.8. The summed E-state index contributed by atoms with van der Waals surface area (Å²) in [5.41, 5.74) is -0.523. The van der Waals surface area contributed by atoms with Crippen LogP contribution in [0.15, 0.2) is 24.3 Å². The average molecular weight is 238 g/mol. The van der Waals surface area contributed by atoms with E-state index < -0.39 is 23.6 Å². The Morgan fingerprint density at radius 1 is 1.25 bits per heavy atom. The molecule has 8 heteroatoms. The topological polar surface area (TPSA) is 98.6 Å². The summed E-state index contributed by atoms with van der Waals surface area (Å²) in [7, 11) is 0. The van der Waals surface area contributed by atoms with Crippen molar-refractivity contribution in [1.29, 1.82) is 0 Å². The molecular weight excluding hydrogens is 229 g/mol. The Morgan fingerprint density at radius 2 is 1.75 bits per heavy atom. The van der Waals surface area contributed by atoms with E-state index in [-0.39, 0.29) is 0 Å². The Balaban J connectivity index is 0.00000106. The zero-order chi connectivity index (χ0) is 12.8. The second kappa shape index (κ2) is 5.93. The number of benzene rings is 1. The van der Waals surface area contributed by atoms with Gasteiger partial charge in [0, 0.05) is 0 Å². The van der Waals surface area contributed by atoms with Crippen LogP contribution in [0.1, 0.15) is 10.4 Å². The highest BCUT2D eigenvalue weighted by Crippen LogP contribution is 2.25.